The van der Waals surface area contributed by atoms with Crippen LogP contribution in [-0.4, -0.2) is 33.4 Å². The number of benzene rings is 1. The maximum atomic E-state index is 5.21. The van der Waals surface area contributed by atoms with Gasteiger partial charge >= 0.3 is 0 Å². The van der Waals surface area contributed by atoms with Crippen molar-refractivity contribution in [3.05, 3.63) is 28.2 Å². The van der Waals surface area contributed by atoms with Crippen molar-refractivity contribution in [3.63, 3.8) is 0 Å². The quantitative estimate of drug-likeness (QED) is 0.827. The predicted molar refractivity (Wildman–Crippen MR) is 86.0 cm³/mol. The zero-order valence-corrected chi connectivity index (χ0v) is 14.1. The lowest BCUT2D eigenvalue weighted by atomic mass is 10.1. The number of rotatable bonds is 7. The van der Waals surface area contributed by atoms with E-state index in [-0.39, 0.29) is 0 Å². The topological polar surface area (TPSA) is 24.5 Å². The molecule has 3 nitrogen and oxygen atoms in total. The average Bonchev–Trinajstić information content (AvgIpc) is 2.38. The van der Waals surface area contributed by atoms with Gasteiger partial charge in [0.2, 0.25) is 0 Å². The van der Waals surface area contributed by atoms with Gasteiger partial charge in [0.25, 0.3) is 0 Å². The highest BCUT2D eigenvalue weighted by molar-refractivity contribution is 9.10. The van der Waals surface area contributed by atoms with Gasteiger partial charge < -0.3 is 15.0 Å². The van der Waals surface area contributed by atoms with Crippen LogP contribution < -0.4 is 10.2 Å². The van der Waals surface area contributed by atoms with E-state index < -0.39 is 0 Å². The molecule has 0 saturated heterocycles. The third-order valence-corrected chi connectivity index (χ3v) is 4.07. The molecule has 1 aromatic rings. The van der Waals surface area contributed by atoms with Crippen LogP contribution in [0.5, 0.6) is 0 Å². The maximum Gasteiger partial charge on any atom is 0.0663 e. The van der Waals surface area contributed by atoms with Gasteiger partial charge in [0.15, 0.2) is 0 Å². The van der Waals surface area contributed by atoms with Gasteiger partial charge in [-0.25, -0.2) is 0 Å². The third-order valence-electron chi connectivity index (χ3n) is 3.43. The number of anilines is 1. The first-order chi connectivity index (χ1) is 9.01. The van der Waals surface area contributed by atoms with Gasteiger partial charge in [0.05, 0.1) is 12.3 Å². The van der Waals surface area contributed by atoms with Crippen molar-refractivity contribution in [1.29, 1.82) is 0 Å². The summed E-state index contributed by atoms with van der Waals surface area (Å²) in [5, 5.41) is 3.43. The van der Waals surface area contributed by atoms with Crippen LogP contribution >= 0.6 is 15.9 Å². The van der Waals surface area contributed by atoms with Crippen molar-refractivity contribution >= 4 is 21.6 Å². The van der Waals surface area contributed by atoms with Gasteiger partial charge in [0.1, 0.15) is 0 Å². The minimum absolute atomic E-state index is 0.346. The predicted octanol–water partition coefficient (Wildman–Crippen LogP) is 3.59. The molecule has 4 heteroatoms. The Morgan fingerprint density at radius 2 is 2.05 bits per heavy atom. The van der Waals surface area contributed by atoms with Gasteiger partial charge in [-0.2, -0.15) is 0 Å². The SMILES string of the molecule is CCNC(C)c1ccc(N(C)C(C)COC)c(Br)c1. The highest BCUT2D eigenvalue weighted by Crippen LogP contribution is 2.29. The molecule has 0 spiro atoms. The Kier molecular flexibility index (Phi) is 6.83. The second kappa shape index (κ2) is 7.88. The van der Waals surface area contributed by atoms with E-state index in [1.807, 2.05) is 0 Å². The second-order valence-corrected chi connectivity index (χ2v) is 5.76. The molecule has 0 aliphatic carbocycles. The van der Waals surface area contributed by atoms with Gasteiger partial charge in [-0.15, -0.1) is 0 Å². The molecular formula is C15H25BrN2O. The Hall–Kier alpha value is -0.580. The lowest BCUT2D eigenvalue weighted by molar-refractivity contribution is 0.183. The summed E-state index contributed by atoms with van der Waals surface area (Å²) in [6, 6.07) is 7.26. The molecule has 108 valence electrons. The second-order valence-electron chi connectivity index (χ2n) is 4.91. The van der Waals surface area contributed by atoms with Crippen molar-refractivity contribution in [2.24, 2.45) is 0 Å². The summed E-state index contributed by atoms with van der Waals surface area (Å²) in [6.45, 7) is 8.16. The standard InChI is InChI=1S/C15H25BrN2O/c1-6-17-12(3)13-7-8-15(14(16)9-13)18(4)11(2)10-19-5/h7-9,11-12,17H,6,10H2,1-5H3. The Bertz CT molecular complexity index is 398. The summed E-state index contributed by atoms with van der Waals surface area (Å²) in [7, 11) is 3.83. The fourth-order valence-corrected chi connectivity index (χ4v) is 2.77. The van der Waals surface area contributed by atoms with Gasteiger partial charge in [-0.05, 0) is 54.0 Å². The lowest BCUT2D eigenvalue weighted by Crippen LogP contribution is -2.32. The van der Waals surface area contributed by atoms with E-state index in [1.54, 1.807) is 7.11 Å². The smallest absolute Gasteiger partial charge is 0.0663 e. The summed E-state index contributed by atoms with van der Waals surface area (Å²) < 4.78 is 6.34. The molecule has 1 N–H and O–H groups in total. The number of ether oxygens (including phenoxy) is 1. The molecule has 0 aliphatic heterocycles. The summed E-state index contributed by atoms with van der Waals surface area (Å²) in [5.41, 5.74) is 2.49. The van der Waals surface area contributed by atoms with E-state index in [1.165, 1.54) is 11.3 Å². The van der Waals surface area contributed by atoms with Crippen molar-refractivity contribution in [2.45, 2.75) is 32.9 Å². The minimum atomic E-state index is 0.346. The number of nitrogens with one attached hydrogen (secondary N) is 1. The largest absolute Gasteiger partial charge is 0.383 e. The molecule has 19 heavy (non-hydrogen) atoms. The molecule has 0 fully saturated rings. The van der Waals surface area contributed by atoms with Gasteiger partial charge in [-0.3, -0.25) is 0 Å². The van der Waals surface area contributed by atoms with E-state index >= 15 is 0 Å². The number of methoxy groups -OCH3 is 1. The number of halogens is 1. The van der Waals surface area contributed by atoms with E-state index in [0.29, 0.717) is 12.1 Å². The van der Waals surface area contributed by atoms with Gasteiger partial charge in [-0.1, -0.05) is 13.0 Å². The van der Waals surface area contributed by atoms with E-state index in [4.69, 9.17) is 4.74 Å². The first kappa shape index (κ1) is 16.5. The fourth-order valence-electron chi connectivity index (χ4n) is 2.09. The molecule has 0 heterocycles. The molecule has 0 aromatic heterocycles. The fraction of sp³-hybridized carbons (Fsp3) is 0.600. The summed E-state index contributed by atoms with van der Waals surface area (Å²) in [4.78, 5) is 2.23. The molecule has 2 unspecified atom stereocenters. The molecule has 2 atom stereocenters. The van der Waals surface area contributed by atoms with Crippen LogP contribution in [0.3, 0.4) is 0 Å². The number of likely N-dealkylation sites (N-methyl/N-ethyl adjacent to an activating group) is 1. The zero-order chi connectivity index (χ0) is 14.4. The van der Waals surface area contributed by atoms with E-state index in [0.717, 1.165) is 17.6 Å². The number of hydrogen-bond donors (Lipinski definition) is 1. The Morgan fingerprint density at radius 1 is 1.37 bits per heavy atom. The van der Waals surface area contributed by atoms with Crippen LogP contribution in [0.25, 0.3) is 0 Å². The van der Waals surface area contributed by atoms with Crippen molar-refractivity contribution < 1.29 is 4.74 Å². The summed E-state index contributed by atoms with van der Waals surface area (Å²) in [5.74, 6) is 0. The minimum Gasteiger partial charge on any atom is -0.383 e. The van der Waals surface area contributed by atoms with Crippen LogP contribution in [0, 0.1) is 0 Å². The first-order valence-corrected chi connectivity index (χ1v) is 7.55. The first-order valence-electron chi connectivity index (χ1n) is 6.75. The third kappa shape index (κ3) is 4.48. The molecule has 1 rings (SSSR count). The van der Waals surface area contributed by atoms with Crippen LogP contribution in [-0.2, 0) is 4.74 Å². The normalized spacial score (nSPS) is 14.2. The highest BCUT2D eigenvalue weighted by Gasteiger charge is 2.14. The van der Waals surface area contributed by atoms with Crippen molar-refractivity contribution in [1.82, 2.24) is 5.32 Å². The average molecular weight is 329 g/mol. The van der Waals surface area contributed by atoms with E-state index in [9.17, 15) is 0 Å². The highest BCUT2D eigenvalue weighted by atomic mass is 79.9. The number of nitrogens with zero attached hydrogens (tertiary/aromatic N) is 1. The molecule has 0 saturated carbocycles. The molecule has 0 bridgehead atoms. The van der Waals surface area contributed by atoms with Crippen LogP contribution in [0.15, 0.2) is 22.7 Å². The van der Waals surface area contributed by atoms with Crippen LogP contribution in [0.1, 0.15) is 32.4 Å². The van der Waals surface area contributed by atoms with Crippen molar-refractivity contribution in [3.8, 4) is 0 Å². The van der Waals surface area contributed by atoms with Crippen LogP contribution in [0.4, 0.5) is 5.69 Å². The van der Waals surface area contributed by atoms with Crippen LogP contribution in [0.2, 0.25) is 0 Å². The summed E-state index contributed by atoms with van der Waals surface area (Å²) in [6.07, 6.45) is 0. The maximum absolute atomic E-state index is 5.21. The van der Waals surface area contributed by atoms with E-state index in [2.05, 4.69) is 72.2 Å². The molecule has 0 amide bonds. The van der Waals surface area contributed by atoms with Gasteiger partial charge in [0, 0.05) is 30.7 Å². The Balaban J connectivity index is 2.87. The molecule has 0 aliphatic rings. The lowest BCUT2D eigenvalue weighted by Gasteiger charge is -2.28. The monoisotopic (exact) mass is 328 g/mol. The van der Waals surface area contributed by atoms with Crippen molar-refractivity contribution in [2.75, 3.05) is 32.2 Å². The Morgan fingerprint density at radius 3 is 2.58 bits per heavy atom. The molecule has 0 radical (unpaired) electrons. The summed E-state index contributed by atoms with van der Waals surface area (Å²) >= 11 is 3.68. The molecule has 1 aromatic carbocycles. The molecular weight excluding hydrogens is 304 g/mol. The zero-order valence-electron chi connectivity index (χ0n) is 12.5. The number of hydrogen-bond acceptors (Lipinski definition) is 3. The Labute approximate surface area is 125 Å².